The van der Waals surface area contributed by atoms with Gasteiger partial charge in [0, 0.05) is 23.5 Å². The van der Waals surface area contributed by atoms with Gasteiger partial charge in [0.2, 0.25) is 11.8 Å². The molecule has 0 heterocycles. The average molecular weight is 514 g/mol. The molecule has 0 bridgehead atoms. The number of benzene rings is 2. The van der Waals surface area contributed by atoms with Crippen LogP contribution >= 0.6 is 34.8 Å². The summed E-state index contributed by atoms with van der Waals surface area (Å²) in [5.74, 6) is 0.378. The minimum Gasteiger partial charge on any atom is -0.494 e. The third-order valence-corrected chi connectivity index (χ3v) is 5.83. The summed E-state index contributed by atoms with van der Waals surface area (Å²) in [7, 11) is 0. The lowest BCUT2D eigenvalue weighted by molar-refractivity contribution is -0.142. The van der Waals surface area contributed by atoms with Gasteiger partial charge in [-0.1, -0.05) is 47.8 Å². The Bertz CT molecular complexity index is 943. The van der Waals surface area contributed by atoms with E-state index in [0.29, 0.717) is 40.3 Å². The third kappa shape index (κ3) is 9.07. The zero-order valence-corrected chi connectivity index (χ0v) is 21.7. The summed E-state index contributed by atoms with van der Waals surface area (Å²) in [5.41, 5.74) is 0.395. The minimum absolute atomic E-state index is 0.128. The van der Waals surface area contributed by atoms with E-state index in [1.165, 1.54) is 0 Å². The maximum Gasteiger partial charge on any atom is 0.243 e. The summed E-state index contributed by atoms with van der Waals surface area (Å²) < 4.78 is 5.70. The molecule has 2 amide bonds. The van der Waals surface area contributed by atoms with Crippen LogP contribution < -0.4 is 10.1 Å². The summed E-state index contributed by atoms with van der Waals surface area (Å²) in [6, 6.07) is 11.7. The molecule has 2 rings (SSSR count). The Balaban J connectivity index is 2.11. The summed E-state index contributed by atoms with van der Waals surface area (Å²) in [6.07, 6.45) is 1.24. The molecule has 0 aliphatic rings. The number of nitrogens with one attached hydrogen (secondary N) is 1. The van der Waals surface area contributed by atoms with Crippen LogP contribution in [0.25, 0.3) is 0 Å². The number of carbonyl (C=O) groups is 2. The first-order valence-corrected chi connectivity index (χ1v) is 12.1. The number of amides is 2. The second-order valence-electron chi connectivity index (χ2n) is 8.84. The van der Waals surface area contributed by atoms with Crippen molar-refractivity contribution < 1.29 is 14.3 Å². The molecule has 0 aliphatic heterocycles. The van der Waals surface area contributed by atoms with Gasteiger partial charge in [-0.15, -0.1) is 0 Å². The van der Waals surface area contributed by atoms with Crippen molar-refractivity contribution in [1.29, 1.82) is 0 Å². The minimum atomic E-state index is -0.608. The third-order valence-electron chi connectivity index (χ3n) is 4.84. The van der Waals surface area contributed by atoms with Crippen molar-refractivity contribution in [3.8, 4) is 5.75 Å². The Kier molecular flexibility index (Phi) is 10.3. The topological polar surface area (TPSA) is 58.6 Å². The van der Waals surface area contributed by atoms with Gasteiger partial charge in [0.1, 0.15) is 11.8 Å². The van der Waals surface area contributed by atoms with E-state index in [0.717, 1.165) is 5.56 Å². The SMILES string of the molecule is CC[C@@H](C(=O)NC(C)(C)C)N(Cc1ccc(Cl)c(Cl)c1)C(=O)CCCOc1ccc(Cl)cc1. The first kappa shape index (κ1) is 27.3. The van der Waals surface area contributed by atoms with Crippen LogP contribution in [0.3, 0.4) is 0 Å². The molecule has 5 nitrogen and oxygen atoms in total. The number of nitrogens with zero attached hydrogens (tertiary/aromatic N) is 1. The highest BCUT2D eigenvalue weighted by Crippen LogP contribution is 2.24. The van der Waals surface area contributed by atoms with Crippen LogP contribution in [0, 0.1) is 0 Å². The van der Waals surface area contributed by atoms with Gasteiger partial charge in [0.05, 0.1) is 16.7 Å². The Labute approximate surface area is 211 Å². The Hall–Kier alpha value is -1.95. The standard InChI is InChI=1S/C25H31Cl3N2O3/c1-5-22(24(32)29-25(2,3)4)30(16-17-8-13-20(27)21(28)15-17)23(31)7-6-14-33-19-11-9-18(26)10-12-19/h8-13,15,22H,5-7,14,16H2,1-4H3,(H,29,32)/t22-/m0/s1. The molecule has 2 aromatic carbocycles. The largest absolute Gasteiger partial charge is 0.494 e. The van der Waals surface area contributed by atoms with E-state index < -0.39 is 11.6 Å². The molecule has 0 fully saturated rings. The van der Waals surface area contributed by atoms with Crippen LogP contribution in [-0.4, -0.2) is 34.9 Å². The summed E-state index contributed by atoms with van der Waals surface area (Å²) in [5, 5.41) is 4.47. The predicted octanol–water partition coefficient (Wildman–Crippen LogP) is 6.53. The average Bonchev–Trinajstić information content (AvgIpc) is 2.73. The van der Waals surface area contributed by atoms with Gasteiger partial charge in [0.15, 0.2) is 0 Å². The molecule has 0 saturated carbocycles. The summed E-state index contributed by atoms with van der Waals surface area (Å²) in [6.45, 7) is 8.26. The monoisotopic (exact) mass is 512 g/mol. The van der Waals surface area contributed by atoms with Crippen molar-refractivity contribution in [2.75, 3.05) is 6.61 Å². The number of rotatable bonds is 10. The highest BCUT2D eigenvalue weighted by atomic mass is 35.5. The maximum atomic E-state index is 13.2. The molecule has 33 heavy (non-hydrogen) atoms. The van der Waals surface area contributed by atoms with E-state index in [1.807, 2.05) is 33.8 Å². The molecule has 0 aliphatic carbocycles. The van der Waals surface area contributed by atoms with Crippen LogP contribution in [0.1, 0.15) is 52.5 Å². The van der Waals surface area contributed by atoms with Crippen molar-refractivity contribution in [2.24, 2.45) is 0 Å². The van der Waals surface area contributed by atoms with Crippen molar-refractivity contribution >= 4 is 46.6 Å². The van der Waals surface area contributed by atoms with Crippen molar-refractivity contribution in [2.45, 2.75) is 65.1 Å². The highest BCUT2D eigenvalue weighted by Gasteiger charge is 2.30. The molecule has 8 heteroatoms. The molecule has 0 spiro atoms. The Morgan fingerprint density at radius 1 is 1.03 bits per heavy atom. The van der Waals surface area contributed by atoms with E-state index in [1.54, 1.807) is 41.3 Å². The molecule has 180 valence electrons. The van der Waals surface area contributed by atoms with Crippen LogP contribution in [0.2, 0.25) is 15.1 Å². The normalized spacial score (nSPS) is 12.2. The molecular formula is C25H31Cl3N2O3. The van der Waals surface area contributed by atoms with Gasteiger partial charge in [-0.2, -0.15) is 0 Å². The fraction of sp³-hybridized carbons (Fsp3) is 0.440. The van der Waals surface area contributed by atoms with E-state index >= 15 is 0 Å². The fourth-order valence-electron chi connectivity index (χ4n) is 3.29. The highest BCUT2D eigenvalue weighted by molar-refractivity contribution is 6.42. The van der Waals surface area contributed by atoms with Crippen molar-refractivity contribution in [3.63, 3.8) is 0 Å². The molecular weight excluding hydrogens is 483 g/mol. The van der Waals surface area contributed by atoms with Crippen LogP contribution in [0.5, 0.6) is 5.75 Å². The number of ether oxygens (including phenoxy) is 1. The first-order valence-electron chi connectivity index (χ1n) is 10.9. The van der Waals surface area contributed by atoms with Crippen molar-refractivity contribution in [1.82, 2.24) is 10.2 Å². The number of hydrogen-bond acceptors (Lipinski definition) is 3. The van der Waals surface area contributed by atoms with Gasteiger partial charge < -0.3 is 15.0 Å². The molecule has 0 saturated heterocycles. The fourth-order valence-corrected chi connectivity index (χ4v) is 3.74. The smallest absolute Gasteiger partial charge is 0.243 e. The quantitative estimate of drug-likeness (QED) is 0.368. The van der Waals surface area contributed by atoms with Gasteiger partial charge in [-0.25, -0.2) is 0 Å². The second-order valence-corrected chi connectivity index (χ2v) is 10.1. The molecule has 1 N–H and O–H groups in total. The van der Waals surface area contributed by atoms with Gasteiger partial charge in [0.25, 0.3) is 0 Å². The van der Waals surface area contributed by atoms with Crippen LogP contribution in [0.4, 0.5) is 0 Å². The van der Waals surface area contributed by atoms with Gasteiger partial charge >= 0.3 is 0 Å². The number of hydrogen-bond donors (Lipinski definition) is 1. The molecule has 1 atom stereocenters. The summed E-state index contributed by atoms with van der Waals surface area (Å²) >= 11 is 18.1. The maximum absolute atomic E-state index is 13.2. The van der Waals surface area contributed by atoms with Crippen LogP contribution in [-0.2, 0) is 16.1 Å². The van der Waals surface area contributed by atoms with E-state index in [-0.39, 0.29) is 24.8 Å². The lowest BCUT2D eigenvalue weighted by Gasteiger charge is -2.33. The Morgan fingerprint density at radius 3 is 2.27 bits per heavy atom. The van der Waals surface area contributed by atoms with E-state index in [4.69, 9.17) is 39.5 Å². The first-order chi connectivity index (χ1) is 15.5. The van der Waals surface area contributed by atoms with E-state index in [9.17, 15) is 9.59 Å². The van der Waals surface area contributed by atoms with E-state index in [2.05, 4.69) is 5.32 Å². The van der Waals surface area contributed by atoms with Crippen molar-refractivity contribution in [3.05, 3.63) is 63.1 Å². The van der Waals surface area contributed by atoms with Gasteiger partial charge in [-0.3, -0.25) is 9.59 Å². The molecule has 0 aromatic heterocycles. The zero-order chi connectivity index (χ0) is 24.6. The number of halogens is 3. The molecule has 0 radical (unpaired) electrons. The predicted molar refractivity (Wildman–Crippen MR) is 135 cm³/mol. The lowest BCUT2D eigenvalue weighted by Crippen LogP contribution is -2.53. The zero-order valence-electron chi connectivity index (χ0n) is 19.5. The summed E-state index contributed by atoms with van der Waals surface area (Å²) in [4.78, 5) is 27.9. The molecule has 2 aromatic rings. The van der Waals surface area contributed by atoms with Gasteiger partial charge in [-0.05, 0) is 75.6 Å². The number of carbonyl (C=O) groups excluding carboxylic acids is 2. The lowest BCUT2D eigenvalue weighted by atomic mass is 10.0. The Morgan fingerprint density at radius 2 is 1.70 bits per heavy atom. The molecule has 0 unspecified atom stereocenters. The van der Waals surface area contributed by atoms with Crippen LogP contribution in [0.15, 0.2) is 42.5 Å². The second kappa shape index (κ2) is 12.5.